The predicted octanol–water partition coefficient (Wildman–Crippen LogP) is 3.08. The maximum absolute atomic E-state index is 12.8. The standard InChI is InChI=1S/C13H15FOS/c1-2-3-4-7-12(15)10-16-13-8-5-6-11(14)9-13/h1,5-6,8-9,12,15H,3-4,7,10H2. The summed E-state index contributed by atoms with van der Waals surface area (Å²) in [5.41, 5.74) is 0. The number of thioether (sulfide) groups is 1. The van der Waals surface area contributed by atoms with Crippen molar-refractivity contribution in [2.75, 3.05) is 5.75 Å². The predicted molar refractivity (Wildman–Crippen MR) is 65.8 cm³/mol. The Morgan fingerprint density at radius 3 is 3.00 bits per heavy atom. The second-order valence-electron chi connectivity index (χ2n) is 3.52. The van der Waals surface area contributed by atoms with Crippen LogP contribution in [-0.2, 0) is 0 Å². The third kappa shape index (κ3) is 5.20. The van der Waals surface area contributed by atoms with Gasteiger partial charge in [-0.05, 0) is 31.0 Å². The minimum absolute atomic E-state index is 0.244. The van der Waals surface area contributed by atoms with Crippen LogP contribution in [0.5, 0.6) is 0 Å². The topological polar surface area (TPSA) is 20.2 Å². The normalized spacial score (nSPS) is 12.1. The Hall–Kier alpha value is -0.980. The quantitative estimate of drug-likeness (QED) is 0.467. The van der Waals surface area contributed by atoms with Crippen molar-refractivity contribution in [2.45, 2.75) is 30.3 Å². The van der Waals surface area contributed by atoms with E-state index >= 15 is 0 Å². The molecule has 0 spiro atoms. The van der Waals surface area contributed by atoms with Crippen LogP contribution in [0.3, 0.4) is 0 Å². The van der Waals surface area contributed by atoms with Gasteiger partial charge in [0.05, 0.1) is 6.10 Å². The number of aliphatic hydroxyl groups excluding tert-OH is 1. The Morgan fingerprint density at radius 2 is 2.31 bits per heavy atom. The molecule has 3 heteroatoms. The van der Waals surface area contributed by atoms with Crippen molar-refractivity contribution in [1.82, 2.24) is 0 Å². The van der Waals surface area contributed by atoms with Crippen LogP contribution in [0.2, 0.25) is 0 Å². The lowest BCUT2D eigenvalue weighted by Gasteiger charge is -2.08. The maximum Gasteiger partial charge on any atom is 0.124 e. The molecule has 0 bridgehead atoms. The second-order valence-corrected chi connectivity index (χ2v) is 4.61. The van der Waals surface area contributed by atoms with Gasteiger partial charge in [0, 0.05) is 17.1 Å². The first-order valence-electron chi connectivity index (χ1n) is 5.22. The van der Waals surface area contributed by atoms with E-state index in [0.29, 0.717) is 18.6 Å². The first-order valence-corrected chi connectivity index (χ1v) is 6.21. The van der Waals surface area contributed by atoms with Gasteiger partial charge in [-0.3, -0.25) is 0 Å². The molecule has 1 aromatic rings. The van der Waals surface area contributed by atoms with Gasteiger partial charge in [0.1, 0.15) is 5.82 Å². The molecular formula is C13H15FOS. The van der Waals surface area contributed by atoms with Crippen LogP contribution in [0, 0.1) is 18.2 Å². The Bertz CT molecular complexity index is 359. The largest absolute Gasteiger partial charge is 0.392 e. The molecule has 0 saturated carbocycles. The number of aliphatic hydroxyl groups is 1. The van der Waals surface area contributed by atoms with E-state index < -0.39 is 0 Å². The molecule has 1 aromatic carbocycles. The van der Waals surface area contributed by atoms with Crippen molar-refractivity contribution in [3.63, 3.8) is 0 Å². The molecule has 0 saturated heterocycles. The van der Waals surface area contributed by atoms with Gasteiger partial charge in [-0.1, -0.05) is 6.07 Å². The minimum atomic E-state index is -0.374. The highest BCUT2D eigenvalue weighted by molar-refractivity contribution is 7.99. The molecule has 1 N–H and O–H groups in total. The van der Waals surface area contributed by atoms with Crippen LogP contribution >= 0.6 is 11.8 Å². The van der Waals surface area contributed by atoms with Crippen molar-refractivity contribution in [1.29, 1.82) is 0 Å². The SMILES string of the molecule is C#CCCCC(O)CSc1cccc(F)c1. The van der Waals surface area contributed by atoms with Crippen molar-refractivity contribution in [3.05, 3.63) is 30.1 Å². The average Bonchev–Trinajstić information content (AvgIpc) is 2.27. The molecule has 0 amide bonds. The molecule has 0 aliphatic heterocycles. The molecule has 0 aliphatic carbocycles. The maximum atomic E-state index is 12.8. The third-order valence-electron chi connectivity index (χ3n) is 2.10. The number of benzene rings is 1. The number of terminal acetylenes is 1. The van der Waals surface area contributed by atoms with E-state index in [0.717, 1.165) is 11.3 Å². The van der Waals surface area contributed by atoms with E-state index in [1.165, 1.54) is 23.9 Å². The lowest BCUT2D eigenvalue weighted by molar-refractivity contribution is 0.187. The Morgan fingerprint density at radius 1 is 1.50 bits per heavy atom. The minimum Gasteiger partial charge on any atom is -0.392 e. The Balaban J connectivity index is 2.26. The van der Waals surface area contributed by atoms with Gasteiger partial charge >= 0.3 is 0 Å². The van der Waals surface area contributed by atoms with Gasteiger partial charge in [-0.2, -0.15) is 0 Å². The highest BCUT2D eigenvalue weighted by atomic mass is 32.2. The molecule has 1 rings (SSSR count). The van der Waals surface area contributed by atoms with Crippen LogP contribution in [0.25, 0.3) is 0 Å². The first kappa shape index (κ1) is 13.1. The van der Waals surface area contributed by atoms with Crippen molar-refractivity contribution in [3.8, 4) is 12.3 Å². The summed E-state index contributed by atoms with van der Waals surface area (Å²) in [6, 6.07) is 6.39. The molecule has 0 heterocycles. The molecule has 1 nitrogen and oxygen atoms in total. The van der Waals surface area contributed by atoms with E-state index in [-0.39, 0.29) is 11.9 Å². The molecular weight excluding hydrogens is 223 g/mol. The summed E-state index contributed by atoms with van der Waals surface area (Å²) in [6.45, 7) is 0. The highest BCUT2D eigenvalue weighted by Crippen LogP contribution is 2.20. The van der Waals surface area contributed by atoms with Gasteiger partial charge < -0.3 is 5.11 Å². The molecule has 0 fully saturated rings. The summed E-state index contributed by atoms with van der Waals surface area (Å²) in [4.78, 5) is 0.844. The molecule has 1 unspecified atom stereocenters. The van der Waals surface area contributed by atoms with Gasteiger partial charge in [0.15, 0.2) is 0 Å². The molecule has 0 radical (unpaired) electrons. The monoisotopic (exact) mass is 238 g/mol. The molecule has 0 aliphatic rings. The van der Waals surface area contributed by atoms with E-state index in [9.17, 15) is 9.50 Å². The van der Waals surface area contributed by atoms with Crippen molar-refractivity contribution in [2.24, 2.45) is 0 Å². The Kier molecular flexibility index (Phi) is 5.99. The molecule has 0 aromatic heterocycles. The fourth-order valence-corrected chi connectivity index (χ4v) is 2.19. The zero-order valence-corrected chi connectivity index (χ0v) is 9.84. The first-order chi connectivity index (χ1) is 7.72. The van der Waals surface area contributed by atoms with Gasteiger partial charge in [-0.25, -0.2) is 4.39 Å². The summed E-state index contributed by atoms with van der Waals surface area (Å²) in [5.74, 6) is 2.87. The van der Waals surface area contributed by atoms with E-state index in [1.54, 1.807) is 6.07 Å². The van der Waals surface area contributed by atoms with Crippen LogP contribution < -0.4 is 0 Å². The summed E-state index contributed by atoms with van der Waals surface area (Å²) in [5, 5.41) is 9.62. The van der Waals surface area contributed by atoms with E-state index in [4.69, 9.17) is 6.42 Å². The zero-order chi connectivity index (χ0) is 11.8. The van der Waals surface area contributed by atoms with Crippen molar-refractivity contribution >= 4 is 11.8 Å². The molecule has 1 atom stereocenters. The fourth-order valence-electron chi connectivity index (χ4n) is 1.27. The molecule has 16 heavy (non-hydrogen) atoms. The lowest BCUT2D eigenvalue weighted by Crippen LogP contribution is -2.09. The van der Waals surface area contributed by atoms with Crippen molar-refractivity contribution < 1.29 is 9.50 Å². The van der Waals surface area contributed by atoms with Gasteiger partial charge in [-0.15, -0.1) is 24.1 Å². The second kappa shape index (κ2) is 7.32. The highest BCUT2D eigenvalue weighted by Gasteiger charge is 2.05. The number of hydrogen-bond acceptors (Lipinski definition) is 2. The average molecular weight is 238 g/mol. The lowest BCUT2D eigenvalue weighted by atomic mass is 10.2. The number of rotatable bonds is 6. The third-order valence-corrected chi connectivity index (χ3v) is 3.24. The number of unbranched alkanes of at least 4 members (excludes halogenated alkanes) is 1. The summed E-state index contributed by atoms with van der Waals surface area (Å²) in [7, 11) is 0. The van der Waals surface area contributed by atoms with Crippen LogP contribution in [0.1, 0.15) is 19.3 Å². The Labute approximate surface area is 100 Å². The summed E-state index contributed by atoms with van der Waals surface area (Å²) >= 11 is 1.46. The van der Waals surface area contributed by atoms with Crippen LogP contribution in [0.4, 0.5) is 4.39 Å². The smallest absolute Gasteiger partial charge is 0.124 e. The number of halogens is 1. The zero-order valence-electron chi connectivity index (χ0n) is 9.03. The summed E-state index contributed by atoms with van der Waals surface area (Å²) < 4.78 is 12.8. The van der Waals surface area contributed by atoms with E-state index in [1.807, 2.05) is 6.07 Å². The van der Waals surface area contributed by atoms with Crippen LogP contribution in [-0.4, -0.2) is 17.0 Å². The van der Waals surface area contributed by atoms with Crippen LogP contribution in [0.15, 0.2) is 29.2 Å². The molecule has 86 valence electrons. The number of hydrogen-bond donors (Lipinski definition) is 1. The van der Waals surface area contributed by atoms with Gasteiger partial charge in [0.25, 0.3) is 0 Å². The summed E-state index contributed by atoms with van der Waals surface area (Å²) in [6.07, 6.45) is 6.98. The van der Waals surface area contributed by atoms with E-state index in [2.05, 4.69) is 5.92 Å². The fraction of sp³-hybridized carbons (Fsp3) is 0.385. The van der Waals surface area contributed by atoms with Gasteiger partial charge in [0.2, 0.25) is 0 Å².